The van der Waals surface area contributed by atoms with Gasteiger partial charge in [-0.1, -0.05) is 25.3 Å². The second kappa shape index (κ2) is 10.4. The van der Waals surface area contributed by atoms with Gasteiger partial charge in [-0.15, -0.1) is 0 Å². The summed E-state index contributed by atoms with van der Waals surface area (Å²) in [5, 5.41) is 8.49. The van der Waals surface area contributed by atoms with Crippen molar-refractivity contribution in [3.05, 3.63) is 12.2 Å². The van der Waals surface area contributed by atoms with E-state index in [1.165, 1.54) is 12.8 Å². The third-order valence-corrected chi connectivity index (χ3v) is 1.74. The lowest BCUT2D eigenvalue weighted by Crippen LogP contribution is -1.83. The van der Waals surface area contributed by atoms with Gasteiger partial charge in [-0.05, 0) is 25.3 Å². The highest BCUT2D eigenvalue weighted by Gasteiger charge is 1.87. The third-order valence-electron chi connectivity index (χ3n) is 1.74. The van der Waals surface area contributed by atoms with E-state index in [4.69, 9.17) is 5.11 Å². The number of aldehydes is 1. The molecule has 2 nitrogen and oxygen atoms in total. The molecule has 0 aliphatic carbocycles. The van der Waals surface area contributed by atoms with Gasteiger partial charge in [0.05, 0.1) is 0 Å². The van der Waals surface area contributed by atoms with E-state index >= 15 is 0 Å². The normalized spacial score (nSPS) is 10.8. The van der Waals surface area contributed by atoms with Crippen LogP contribution in [0.5, 0.6) is 0 Å². The van der Waals surface area contributed by atoms with Gasteiger partial charge < -0.3 is 5.11 Å². The van der Waals surface area contributed by atoms with Crippen molar-refractivity contribution < 1.29 is 9.90 Å². The molecule has 0 aliphatic heterocycles. The van der Waals surface area contributed by atoms with Crippen molar-refractivity contribution in [2.75, 3.05) is 6.61 Å². The first-order valence-electron chi connectivity index (χ1n) is 4.63. The summed E-state index contributed by atoms with van der Waals surface area (Å²) in [6, 6.07) is 0. The maximum Gasteiger partial charge on any atom is 0.142 e. The zero-order chi connectivity index (χ0) is 9.07. The van der Waals surface area contributed by atoms with Crippen molar-refractivity contribution in [3.8, 4) is 0 Å². The van der Waals surface area contributed by atoms with Crippen LogP contribution in [0.1, 0.15) is 38.5 Å². The summed E-state index contributed by atoms with van der Waals surface area (Å²) in [6.07, 6.45) is 10.8. The Balaban J connectivity index is 2.90. The van der Waals surface area contributed by atoms with Crippen LogP contribution in [0.15, 0.2) is 12.2 Å². The Bertz CT molecular complexity index is 119. The summed E-state index contributed by atoms with van der Waals surface area (Å²) in [5.74, 6) is 0. The second-order valence-electron chi connectivity index (χ2n) is 2.84. The molecule has 0 heterocycles. The summed E-state index contributed by atoms with van der Waals surface area (Å²) in [4.78, 5) is 9.86. The maximum atomic E-state index is 9.86. The van der Waals surface area contributed by atoms with Crippen molar-refractivity contribution in [1.29, 1.82) is 0 Å². The Morgan fingerprint density at radius 3 is 2.33 bits per heavy atom. The summed E-state index contributed by atoms with van der Waals surface area (Å²) in [7, 11) is 0. The lowest BCUT2D eigenvalue weighted by Gasteiger charge is -1.96. The van der Waals surface area contributed by atoms with Gasteiger partial charge in [-0.25, -0.2) is 0 Å². The number of carbonyl (C=O) groups excluding carboxylic acids is 1. The smallest absolute Gasteiger partial charge is 0.142 e. The Morgan fingerprint density at radius 2 is 1.67 bits per heavy atom. The number of hydrogen-bond acceptors (Lipinski definition) is 2. The summed E-state index contributed by atoms with van der Waals surface area (Å²) in [6.45, 7) is 0.311. The third kappa shape index (κ3) is 9.37. The lowest BCUT2D eigenvalue weighted by molar-refractivity contribution is -0.104. The number of aliphatic hydroxyl groups is 1. The summed E-state index contributed by atoms with van der Waals surface area (Å²) < 4.78 is 0. The van der Waals surface area contributed by atoms with Crippen LogP contribution >= 0.6 is 0 Å². The van der Waals surface area contributed by atoms with E-state index in [2.05, 4.69) is 0 Å². The predicted molar refractivity (Wildman–Crippen MR) is 50.0 cm³/mol. The highest BCUT2D eigenvalue weighted by atomic mass is 16.2. The molecule has 0 bridgehead atoms. The molecule has 0 amide bonds. The molecule has 0 saturated carbocycles. The molecule has 0 unspecified atom stereocenters. The second-order valence-corrected chi connectivity index (χ2v) is 2.84. The zero-order valence-electron chi connectivity index (χ0n) is 7.54. The first-order valence-corrected chi connectivity index (χ1v) is 4.63. The molecule has 0 aromatic heterocycles. The van der Waals surface area contributed by atoms with Gasteiger partial charge >= 0.3 is 0 Å². The molecule has 1 N–H and O–H groups in total. The molecule has 0 aliphatic rings. The van der Waals surface area contributed by atoms with E-state index in [-0.39, 0.29) is 0 Å². The van der Waals surface area contributed by atoms with Crippen LogP contribution in [-0.4, -0.2) is 18.0 Å². The molecule has 0 saturated heterocycles. The van der Waals surface area contributed by atoms with Gasteiger partial charge in [0.2, 0.25) is 0 Å². The van der Waals surface area contributed by atoms with Crippen molar-refractivity contribution in [2.24, 2.45) is 0 Å². The van der Waals surface area contributed by atoms with Gasteiger partial charge in [0.25, 0.3) is 0 Å². The number of allylic oxidation sites excluding steroid dienone is 2. The molecule has 0 aromatic rings. The Morgan fingerprint density at radius 1 is 1.00 bits per heavy atom. The average Bonchev–Trinajstić information content (AvgIpc) is 2.10. The standard InChI is InChI=1S/C10H18O2/c11-9-7-5-3-1-2-4-6-8-10-12/h5,7,9,12H,1-4,6,8,10H2/b7-5+. The molecule has 0 spiro atoms. The largest absolute Gasteiger partial charge is 0.396 e. The fraction of sp³-hybridized carbons (Fsp3) is 0.700. The highest BCUT2D eigenvalue weighted by Crippen LogP contribution is 2.04. The lowest BCUT2D eigenvalue weighted by atomic mass is 10.1. The van der Waals surface area contributed by atoms with Crippen LogP contribution in [0.25, 0.3) is 0 Å². The minimum atomic E-state index is 0.311. The quantitative estimate of drug-likeness (QED) is 0.344. The maximum absolute atomic E-state index is 9.86. The van der Waals surface area contributed by atoms with Crippen molar-refractivity contribution in [2.45, 2.75) is 38.5 Å². The zero-order valence-corrected chi connectivity index (χ0v) is 7.54. The van der Waals surface area contributed by atoms with Crippen LogP contribution in [0.4, 0.5) is 0 Å². The molecule has 0 atom stereocenters. The van der Waals surface area contributed by atoms with Crippen LogP contribution in [0, 0.1) is 0 Å². The van der Waals surface area contributed by atoms with Crippen molar-refractivity contribution >= 4 is 6.29 Å². The molecule has 70 valence electrons. The van der Waals surface area contributed by atoms with Crippen LogP contribution < -0.4 is 0 Å². The SMILES string of the molecule is O=C/C=C/CCCCCCCO. The van der Waals surface area contributed by atoms with Gasteiger partial charge in [0.1, 0.15) is 6.29 Å². The van der Waals surface area contributed by atoms with Crippen LogP contribution in [0.3, 0.4) is 0 Å². The fourth-order valence-electron chi connectivity index (χ4n) is 1.06. The molecule has 12 heavy (non-hydrogen) atoms. The molecular weight excluding hydrogens is 152 g/mol. The Labute approximate surface area is 74.3 Å². The predicted octanol–water partition coefficient (Wildman–Crippen LogP) is 2.07. The summed E-state index contributed by atoms with van der Waals surface area (Å²) in [5.41, 5.74) is 0. The van der Waals surface area contributed by atoms with E-state index in [1.54, 1.807) is 6.08 Å². The molecule has 0 aromatic carbocycles. The Hall–Kier alpha value is -0.630. The topological polar surface area (TPSA) is 37.3 Å². The number of rotatable bonds is 8. The first kappa shape index (κ1) is 11.4. The minimum Gasteiger partial charge on any atom is -0.396 e. The number of carbonyl (C=O) groups is 1. The molecular formula is C10H18O2. The van der Waals surface area contributed by atoms with E-state index in [9.17, 15) is 4.79 Å². The monoisotopic (exact) mass is 170 g/mol. The van der Waals surface area contributed by atoms with Crippen molar-refractivity contribution in [1.82, 2.24) is 0 Å². The Kier molecular flexibility index (Phi) is 9.83. The van der Waals surface area contributed by atoms with E-state index in [0.717, 1.165) is 32.0 Å². The molecule has 0 rings (SSSR count). The van der Waals surface area contributed by atoms with Gasteiger partial charge in [-0.2, -0.15) is 0 Å². The van der Waals surface area contributed by atoms with E-state index in [0.29, 0.717) is 6.61 Å². The molecule has 0 fully saturated rings. The van der Waals surface area contributed by atoms with Gasteiger partial charge in [0, 0.05) is 6.61 Å². The van der Waals surface area contributed by atoms with Gasteiger partial charge in [0.15, 0.2) is 0 Å². The van der Waals surface area contributed by atoms with Crippen LogP contribution in [-0.2, 0) is 4.79 Å². The number of hydrogen-bond donors (Lipinski definition) is 1. The molecule has 0 radical (unpaired) electrons. The average molecular weight is 170 g/mol. The highest BCUT2D eigenvalue weighted by molar-refractivity contribution is 5.64. The van der Waals surface area contributed by atoms with Crippen molar-refractivity contribution in [3.63, 3.8) is 0 Å². The number of unbranched alkanes of at least 4 members (excludes halogenated alkanes) is 5. The minimum absolute atomic E-state index is 0.311. The first-order chi connectivity index (χ1) is 5.91. The van der Waals surface area contributed by atoms with Crippen LogP contribution in [0.2, 0.25) is 0 Å². The van der Waals surface area contributed by atoms with E-state index in [1.807, 2.05) is 6.08 Å². The fourth-order valence-corrected chi connectivity index (χ4v) is 1.06. The summed E-state index contributed by atoms with van der Waals surface area (Å²) >= 11 is 0. The number of aliphatic hydroxyl groups excluding tert-OH is 1. The van der Waals surface area contributed by atoms with E-state index < -0.39 is 0 Å². The van der Waals surface area contributed by atoms with Gasteiger partial charge in [-0.3, -0.25) is 4.79 Å². The molecule has 2 heteroatoms.